The zero-order valence-electron chi connectivity index (χ0n) is 32.1. The van der Waals surface area contributed by atoms with Gasteiger partial charge in [0.05, 0.1) is 0 Å². The van der Waals surface area contributed by atoms with Gasteiger partial charge in [-0.25, -0.2) is 4.39 Å². The lowest BCUT2D eigenvalue weighted by Crippen LogP contribution is -2.01. The summed E-state index contributed by atoms with van der Waals surface area (Å²) in [6, 6.07) is 65.0. The molecule has 0 aromatic heterocycles. The van der Waals surface area contributed by atoms with Crippen LogP contribution in [0.25, 0.3) is 71.3 Å². The van der Waals surface area contributed by atoms with Gasteiger partial charge in [-0.1, -0.05) is 183 Å². The van der Waals surface area contributed by atoms with E-state index in [9.17, 15) is 9.18 Å². The Morgan fingerprint density at radius 1 is 0.483 bits per heavy atom. The lowest BCUT2D eigenvalue weighted by atomic mass is 9.83. The quantitative estimate of drug-likeness (QED) is 0.0622. The van der Waals surface area contributed by atoms with Crippen molar-refractivity contribution in [2.75, 3.05) is 0 Å². The molecule has 0 saturated carbocycles. The van der Waals surface area contributed by atoms with E-state index >= 15 is 0 Å². The van der Waals surface area contributed by atoms with Crippen LogP contribution in [-0.2, 0) is 0 Å². The maximum absolute atomic E-state index is 13.6. The highest BCUT2D eigenvalue weighted by Crippen LogP contribution is 2.46. The first kappa shape index (κ1) is 36.2. The molecule has 0 atom stereocenters. The summed E-state index contributed by atoms with van der Waals surface area (Å²) in [7, 11) is 0. The van der Waals surface area contributed by atoms with Crippen molar-refractivity contribution in [1.82, 2.24) is 0 Å². The van der Waals surface area contributed by atoms with E-state index in [2.05, 4.69) is 153 Å². The van der Waals surface area contributed by atoms with Gasteiger partial charge in [0.1, 0.15) is 5.82 Å². The number of benzene rings is 9. The second-order valence-electron chi connectivity index (χ2n) is 14.5. The van der Waals surface area contributed by atoms with Gasteiger partial charge < -0.3 is 0 Å². The SMILES string of the molecule is C=C(/C(=C(\C=C/C)c1ccccc1)c1ccccc1)c1ccc2c(c1)c1ccccc1c1ccc(-c3ccc(C(=O)c4ccc(F)cc4)cc3)c(-c3ccccc3)c12. The van der Waals surface area contributed by atoms with Gasteiger partial charge in [-0.15, -0.1) is 0 Å². The minimum atomic E-state index is -0.367. The van der Waals surface area contributed by atoms with Crippen molar-refractivity contribution in [3.8, 4) is 22.3 Å². The Labute approximate surface area is 338 Å². The number of halogens is 1. The zero-order chi connectivity index (χ0) is 39.6. The highest BCUT2D eigenvalue weighted by Gasteiger charge is 2.20. The molecule has 58 heavy (non-hydrogen) atoms. The number of fused-ring (bicyclic) bond motifs is 6. The van der Waals surface area contributed by atoms with Gasteiger partial charge in [-0.2, -0.15) is 0 Å². The van der Waals surface area contributed by atoms with Crippen LogP contribution in [0.1, 0.15) is 39.5 Å². The van der Waals surface area contributed by atoms with E-state index in [0.29, 0.717) is 11.1 Å². The van der Waals surface area contributed by atoms with Crippen molar-refractivity contribution in [2.24, 2.45) is 0 Å². The molecule has 1 nitrogen and oxygen atoms in total. The molecule has 0 spiro atoms. The van der Waals surface area contributed by atoms with Crippen LogP contribution in [0.15, 0.2) is 213 Å². The van der Waals surface area contributed by atoms with Gasteiger partial charge in [-0.05, 0) is 125 Å². The summed E-state index contributed by atoms with van der Waals surface area (Å²) in [5.41, 5.74) is 11.7. The van der Waals surface area contributed by atoms with Crippen LogP contribution in [-0.4, -0.2) is 5.78 Å². The summed E-state index contributed by atoms with van der Waals surface area (Å²) in [5.74, 6) is -0.511. The molecule has 0 aliphatic carbocycles. The van der Waals surface area contributed by atoms with E-state index in [1.54, 1.807) is 0 Å². The highest BCUT2D eigenvalue weighted by atomic mass is 19.1. The molecule has 0 amide bonds. The molecule has 0 heterocycles. The van der Waals surface area contributed by atoms with Crippen LogP contribution < -0.4 is 0 Å². The van der Waals surface area contributed by atoms with Crippen LogP contribution in [0, 0.1) is 5.82 Å². The van der Waals surface area contributed by atoms with Crippen molar-refractivity contribution in [2.45, 2.75) is 6.92 Å². The minimum Gasteiger partial charge on any atom is -0.289 e. The van der Waals surface area contributed by atoms with E-state index in [-0.39, 0.29) is 11.6 Å². The normalized spacial score (nSPS) is 12.0. The monoisotopic (exact) mass is 746 g/mol. The van der Waals surface area contributed by atoms with Crippen LogP contribution in [0.4, 0.5) is 4.39 Å². The molecule has 0 aliphatic rings. The molecule has 0 bridgehead atoms. The van der Waals surface area contributed by atoms with Gasteiger partial charge in [0.15, 0.2) is 5.78 Å². The largest absolute Gasteiger partial charge is 0.289 e. The fourth-order valence-electron chi connectivity index (χ4n) is 8.30. The summed E-state index contributed by atoms with van der Waals surface area (Å²) in [4.78, 5) is 13.3. The zero-order valence-corrected chi connectivity index (χ0v) is 32.1. The van der Waals surface area contributed by atoms with Crippen LogP contribution >= 0.6 is 0 Å². The number of allylic oxidation sites excluding steroid dienone is 5. The van der Waals surface area contributed by atoms with Crippen molar-refractivity contribution in [3.63, 3.8) is 0 Å². The Morgan fingerprint density at radius 3 is 1.64 bits per heavy atom. The third-order valence-electron chi connectivity index (χ3n) is 11.0. The summed E-state index contributed by atoms with van der Waals surface area (Å²) < 4.78 is 13.6. The molecule has 0 aliphatic heterocycles. The van der Waals surface area contributed by atoms with Gasteiger partial charge in [-0.3, -0.25) is 4.79 Å². The van der Waals surface area contributed by atoms with Crippen LogP contribution in [0.5, 0.6) is 0 Å². The van der Waals surface area contributed by atoms with E-state index < -0.39 is 0 Å². The van der Waals surface area contributed by atoms with E-state index in [0.717, 1.165) is 66.4 Å². The predicted molar refractivity (Wildman–Crippen MR) is 243 cm³/mol. The maximum Gasteiger partial charge on any atom is 0.193 e. The predicted octanol–water partition coefficient (Wildman–Crippen LogP) is 15.1. The molecule has 0 unspecified atom stereocenters. The maximum atomic E-state index is 13.6. The molecule has 0 fully saturated rings. The summed E-state index contributed by atoms with van der Waals surface area (Å²) in [6.45, 7) is 6.87. The van der Waals surface area contributed by atoms with Crippen LogP contribution in [0.2, 0.25) is 0 Å². The number of ketones is 1. The molecule has 9 rings (SSSR count). The molecule has 0 radical (unpaired) electrons. The molecule has 9 aromatic carbocycles. The minimum absolute atomic E-state index is 0.143. The van der Waals surface area contributed by atoms with Crippen molar-refractivity contribution >= 4 is 54.8 Å². The average molecular weight is 747 g/mol. The Hall–Kier alpha value is -7.42. The van der Waals surface area contributed by atoms with Gasteiger partial charge in [0.25, 0.3) is 0 Å². The third kappa shape index (κ3) is 6.65. The summed E-state index contributed by atoms with van der Waals surface area (Å²) in [5, 5.41) is 6.99. The number of hydrogen-bond acceptors (Lipinski definition) is 1. The van der Waals surface area contributed by atoms with E-state index in [1.165, 1.54) is 45.8 Å². The standard InChI is InChI=1S/C56H39FO/c1-3-15-46(38-16-7-4-8-17-38)53(40-18-9-5-10-19-40)37(2)44-30-33-51-52(36-44)49-23-14-13-22-48(49)50-35-34-47(54(55(50)51)41-20-11-6-12-21-41)39-24-26-42(27-25-39)56(58)43-28-31-45(57)32-29-43/h3-36H,2H2,1H3/b15-3-,53-46-. The topological polar surface area (TPSA) is 17.1 Å². The molecule has 2 heteroatoms. The molecular weight excluding hydrogens is 708 g/mol. The van der Waals surface area contributed by atoms with Crippen LogP contribution in [0.3, 0.4) is 0 Å². The number of carbonyl (C=O) groups excluding carboxylic acids is 1. The fourth-order valence-corrected chi connectivity index (χ4v) is 8.30. The molecular formula is C56H39FO. The van der Waals surface area contributed by atoms with E-state index in [1.807, 2.05) is 36.4 Å². The Bertz CT molecular complexity index is 3050. The van der Waals surface area contributed by atoms with Crippen molar-refractivity contribution < 1.29 is 9.18 Å². The fraction of sp³-hybridized carbons (Fsp3) is 0.0179. The van der Waals surface area contributed by atoms with Crippen molar-refractivity contribution in [3.05, 3.63) is 246 Å². The third-order valence-corrected chi connectivity index (χ3v) is 11.0. The van der Waals surface area contributed by atoms with Crippen molar-refractivity contribution in [1.29, 1.82) is 0 Å². The number of rotatable bonds is 9. The first-order valence-corrected chi connectivity index (χ1v) is 19.5. The molecule has 0 N–H and O–H groups in total. The Morgan fingerprint density at radius 2 is 1.00 bits per heavy atom. The molecule has 0 saturated heterocycles. The summed E-state index contributed by atoms with van der Waals surface area (Å²) >= 11 is 0. The van der Waals surface area contributed by atoms with Gasteiger partial charge >= 0.3 is 0 Å². The van der Waals surface area contributed by atoms with E-state index in [4.69, 9.17) is 6.58 Å². The second kappa shape index (κ2) is 15.6. The first-order valence-electron chi connectivity index (χ1n) is 19.5. The lowest BCUT2D eigenvalue weighted by molar-refractivity contribution is 0.103. The van der Waals surface area contributed by atoms with Gasteiger partial charge in [0.2, 0.25) is 0 Å². The average Bonchev–Trinajstić information content (AvgIpc) is 3.29. The Kier molecular flexibility index (Phi) is 9.75. The highest BCUT2D eigenvalue weighted by molar-refractivity contribution is 6.30. The number of hydrogen-bond donors (Lipinski definition) is 0. The summed E-state index contributed by atoms with van der Waals surface area (Å²) in [6.07, 6.45) is 4.28. The number of carbonyl (C=O) groups is 1. The Balaban J connectivity index is 1.27. The first-order chi connectivity index (χ1) is 28.5. The molecule has 9 aromatic rings. The molecule has 276 valence electrons. The smallest absolute Gasteiger partial charge is 0.193 e. The second-order valence-corrected chi connectivity index (χ2v) is 14.5. The lowest BCUT2D eigenvalue weighted by Gasteiger charge is -2.20. The van der Waals surface area contributed by atoms with Gasteiger partial charge in [0, 0.05) is 11.1 Å².